The number of benzene rings is 2. The van der Waals surface area contributed by atoms with Crippen LogP contribution >= 0.6 is 0 Å². The zero-order valence-electron chi connectivity index (χ0n) is 11.6. The summed E-state index contributed by atoms with van der Waals surface area (Å²) in [5.41, 5.74) is 6.14. The summed E-state index contributed by atoms with van der Waals surface area (Å²) < 4.78 is 27.6. The summed E-state index contributed by atoms with van der Waals surface area (Å²) in [5.74, 6) is -2.49. The molecular weight excluding hydrogens is 274 g/mol. The molecule has 0 atom stereocenters. The average Bonchev–Trinajstić information content (AvgIpc) is 2.45. The third kappa shape index (κ3) is 3.02. The largest absolute Gasteiger partial charge is 0.397 e. The number of anilines is 2. The van der Waals surface area contributed by atoms with Gasteiger partial charge in [0.25, 0.3) is 5.91 Å². The molecule has 0 aliphatic rings. The lowest BCUT2D eigenvalue weighted by Gasteiger charge is -2.24. The SMILES string of the molecule is CCCN(C(=O)c1c(F)cccc1F)c1ccccc1N. The van der Waals surface area contributed by atoms with Crippen molar-refractivity contribution in [1.29, 1.82) is 0 Å². The van der Waals surface area contributed by atoms with Gasteiger partial charge >= 0.3 is 0 Å². The molecule has 0 spiro atoms. The van der Waals surface area contributed by atoms with E-state index in [2.05, 4.69) is 0 Å². The third-order valence-corrected chi connectivity index (χ3v) is 3.10. The monoisotopic (exact) mass is 290 g/mol. The van der Waals surface area contributed by atoms with Gasteiger partial charge in [-0.1, -0.05) is 25.1 Å². The van der Waals surface area contributed by atoms with E-state index < -0.39 is 23.1 Å². The lowest BCUT2D eigenvalue weighted by molar-refractivity contribution is 0.0979. The van der Waals surface area contributed by atoms with Crippen LogP contribution in [0.15, 0.2) is 42.5 Å². The van der Waals surface area contributed by atoms with Gasteiger partial charge in [-0.3, -0.25) is 4.79 Å². The quantitative estimate of drug-likeness (QED) is 0.874. The second-order valence-electron chi connectivity index (χ2n) is 4.61. The molecule has 1 amide bonds. The number of para-hydroxylation sites is 2. The molecule has 0 saturated heterocycles. The Balaban J connectivity index is 2.48. The molecule has 0 heterocycles. The van der Waals surface area contributed by atoms with E-state index in [4.69, 9.17) is 5.73 Å². The number of carbonyl (C=O) groups excluding carboxylic acids is 1. The minimum atomic E-state index is -0.879. The van der Waals surface area contributed by atoms with E-state index >= 15 is 0 Å². The van der Waals surface area contributed by atoms with Crippen LogP contribution in [0.25, 0.3) is 0 Å². The Kier molecular flexibility index (Phi) is 4.52. The molecule has 2 aromatic rings. The number of hydrogen-bond donors (Lipinski definition) is 1. The van der Waals surface area contributed by atoms with Crippen LogP contribution in [0.2, 0.25) is 0 Å². The van der Waals surface area contributed by atoms with Crippen molar-refractivity contribution in [2.45, 2.75) is 13.3 Å². The molecule has 2 aromatic carbocycles. The van der Waals surface area contributed by atoms with Gasteiger partial charge in [0.15, 0.2) is 0 Å². The van der Waals surface area contributed by atoms with Crippen LogP contribution in [0.1, 0.15) is 23.7 Å². The molecule has 110 valence electrons. The van der Waals surface area contributed by atoms with E-state index in [0.717, 1.165) is 12.1 Å². The van der Waals surface area contributed by atoms with E-state index in [9.17, 15) is 13.6 Å². The topological polar surface area (TPSA) is 46.3 Å². The second-order valence-corrected chi connectivity index (χ2v) is 4.61. The first kappa shape index (κ1) is 15.0. The van der Waals surface area contributed by atoms with Crippen LogP contribution in [0.5, 0.6) is 0 Å². The number of rotatable bonds is 4. The smallest absolute Gasteiger partial charge is 0.264 e. The average molecular weight is 290 g/mol. The summed E-state index contributed by atoms with van der Waals surface area (Å²) in [6, 6.07) is 10.1. The van der Waals surface area contributed by atoms with Crippen LogP contribution < -0.4 is 10.6 Å². The number of amides is 1. The first-order valence-corrected chi connectivity index (χ1v) is 6.66. The number of nitrogen functional groups attached to an aromatic ring is 1. The molecule has 0 saturated carbocycles. The van der Waals surface area contributed by atoms with Crippen molar-refractivity contribution in [3.05, 3.63) is 59.7 Å². The maximum Gasteiger partial charge on any atom is 0.264 e. The van der Waals surface area contributed by atoms with Crippen LogP contribution in [-0.4, -0.2) is 12.5 Å². The van der Waals surface area contributed by atoms with Gasteiger partial charge in [-0.15, -0.1) is 0 Å². The van der Waals surface area contributed by atoms with Crippen molar-refractivity contribution in [3.8, 4) is 0 Å². The third-order valence-electron chi connectivity index (χ3n) is 3.10. The number of nitrogens with zero attached hydrogens (tertiary/aromatic N) is 1. The predicted octanol–water partition coefficient (Wildman–Crippen LogP) is 3.60. The first-order valence-electron chi connectivity index (χ1n) is 6.66. The maximum absolute atomic E-state index is 13.8. The minimum Gasteiger partial charge on any atom is -0.397 e. The van der Waals surface area contributed by atoms with E-state index in [1.165, 1.54) is 11.0 Å². The fourth-order valence-corrected chi connectivity index (χ4v) is 2.13. The van der Waals surface area contributed by atoms with E-state index in [0.29, 0.717) is 24.3 Å². The Morgan fingerprint density at radius 2 is 1.71 bits per heavy atom. The molecule has 0 unspecified atom stereocenters. The van der Waals surface area contributed by atoms with Gasteiger partial charge in [-0.05, 0) is 30.7 Å². The molecule has 0 aromatic heterocycles. The van der Waals surface area contributed by atoms with Gasteiger partial charge in [-0.25, -0.2) is 8.78 Å². The van der Waals surface area contributed by atoms with Crippen LogP contribution in [0.4, 0.5) is 20.2 Å². The fraction of sp³-hybridized carbons (Fsp3) is 0.188. The summed E-state index contributed by atoms with van der Waals surface area (Å²) in [4.78, 5) is 13.8. The molecule has 2 rings (SSSR count). The van der Waals surface area contributed by atoms with Crippen LogP contribution in [0.3, 0.4) is 0 Å². The highest BCUT2D eigenvalue weighted by Crippen LogP contribution is 2.26. The number of halogens is 2. The zero-order chi connectivity index (χ0) is 15.4. The van der Waals surface area contributed by atoms with Gasteiger partial charge in [0.2, 0.25) is 0 Å². The summed E-state index contributed by atoms with van der Waals surface area (Å²) in [7, 11) is 0. The van der Waals surface area contributed by atoms with Gasteiger partial charge in [0, 0.05) is 6.54 Å². The highest BCUT2D eigenvalue weighted by Gasteiger charge is 2.24. The Morgan fingerprint density at radius 3 is 2.29 bits per heavy atom. The summed E-state index contributed by atoms with van der Waals surface area (Å²) in [6.45, 7) is 2.19. The highest BCUT2D eigenvalue weighted by molar-refractivity contribution is 6.07. The molecule has 0 bridgehead atoms. The highest BCUT2D eigenvalue weighted by atomic mass is 19.1. The maximum atomic E-state index is 13.8. The Hall–Kier alpha value is -2.43. The molecule has 21 heavy (non-hydrogen) atoms. The second kappa shape index (κ2) is 6.35. The minimum absolute atomic E-state index is 0.320. The van der Waals surface area contributed by atoms with Crippen molar-refractivity contribution < 1.29 is 13.6 Å². The van der Waals surface area contributed by atoms with Crippen LogP contribution in [0, 0.1) is 11.6 Å². The number of carbonyl (C=O) groups is 1. The molecule has 3 nitrogen and oxygen atoms in total. The van der Waals surface area contributed by atoms with E-state index in [-0.39, 0.29) is 0 Å². The summed E-state index contributed by atoms with van der Waals surface area (Å²) in [5, 5.41) is 0. The molecule has 0 radical (unpaired) electrons. The van der Waals surface area contributed by atoms with Crippen molar-refractivity contribution in [2.24, 2.45) is 0 Å². The van der Waals surface area contributed by atoms with Crippen molar-refractivity contribution in [2.75, 3.05) is 17.2 Å². The van der Waals surface area contributed by atoms with Crippen molar-refractivity contribution >= 4 is 17.3 Å². The Labute approximate surface area is 122 Å². The van der Waals surface area contributed by atoms with Gasteiger partial charge < -0.3 is 10.6 Å². The molecule has 5 heteroatoms. The summed E-state index contributed by atoms with van der Waals surface area (Å²) >= 11 is 0. The number of nitrogens with two attached hydrogens (primary N) is 1. The van der Waals surface area contributed by atoms with Crippen molar-refractivity contribution in [1.82, 2.24) is 0 Å². The standard InChI is InChI=1S/C16H16F2N2O/c1-2-10-20(14-9-4-3-8-13(14)19)16(21)15-11(17)6-5-7-12(15)18/h3-9H,2,10,19H2,1H3. The van der Waals surface area contributed by atoms with Gasteiger partial charge in [-0.2, -0.15) is 0 Å². The van der Waals surface area contributed by atoms with Crippen molar-refractivity contribution in [3.63, 3.8) is 0 Å². The normalized spacial score (nSPS) is 10.4. The molecule has 2 N–H and O–H groups in total. The summed E-state index contributed by atoms with van der Waals surface area (Å²) in [6.07, 6.45) is 0.635. The predicted molar refractivity (Wildman–Crippen MR) is 79.2 cm³/mol. The molecular formula is C16H16F2N2O. The molecule has 0 aliphatic heterocycles. The van der Waals surface area contributed by atoms with E-state index in [1.807, 2.05) is 6.92 Å². The zero-order valence-corrected chi connectivity index (χ0v) is 11.6. The lowest BCUT2D eigenvalue weighted by Crippen LogP contribution is -2.33. The van der Waals surface area contributed by atoms with Gasteiger partial charge in [0.1, 0.15) is 17.2 Å². The molecule has 0 fully saturated rings. The van der Waals surface area contributed by atoms with Crippen LogP contribution in [-0.2, 0) is 0 Å². The fourth-order valence-electron chi connectivity index (χ4n) is 2.13. The Bertz CT molecular complexity index is 638. The first-order chi connectivity index (χ1) is 10.1. The van der Waals surface area contributed by atoms with Gasteiger partial charge in [0.05, 0.1) is 11.4 Å². The van der Waals surface area contributed by atoms with E-state index in [1.54, 1.807) is 24.3 Å². The molecule has 0 aliphatic carbocycles. The lowest BCUT2D eigenvalue weighted by atomic mass is 10.1. The Morgan fingerprint density at radius 1 is 1.10 bits per heavy atom. The number of hydrogen-bond acceptors (Lipinski definition) is 2.